The molecule has 6 nitrogen and oxygen atoms in total. The Bertz CT molecular complexity index is 858. The normalized spacial score (nSPS) is 12.9. The van der Waals surface area contributed by atoms with Gasteiger partial charge in [0.05, 0.1) is 0 Å². The van der Waals surface area contributed by atoms with E-state index in [0.29, 0.717) is 11.6 Å². The number of carbonyl (C=O) groups excluding carboxylic acids is 2. The smallest absolute Gasteiger partial charge is 0.249 e. The molecule has 1 heterocycles. The van der Waals surface area contributed by atoms with E-state index >= 15 is 0 Å². The topological polar surface area (TPSA) is 84.0 Å². The highest BCUT2D eigenvalue weighted by Crippen LogP contribution is 2.28. The summed E-state index contributed by atoms with van der Waals surface area (Å²) in [4.78, 5) is 25.4. The second-order valence-electron chi connectivity index (χ2n) is 8.21. The molecule has 2 unspecified atom stereocenters. The van der Waals surface area contributed by atoms with Crippen molar-refractivity contribution in [1.82, 2.24) is 15.5 Å². The summed E-state index contributed by atoms with van der Waals surface area (Å²) < 4.78 is 0.955. The number of hydrogen-bond donors (Lipinski definition) is 2. The fourth-order valence-electron chi connectivity index (χ4n) is 3.39. The van der Waals surface area contributed by atoms with Gasteiger partial charge < -0.3 is 5.32 Å². The van der Waals surface area contributed by atoms with Crippen LogP contribution in [0.5, 0.6) is 0 Å². The van der Waals surface area contributed by atoms with Gasteiger partial charge in [-0.15, -0.1) is 10.2 Å². The number of anilines is 1. The molecule has 0 spiro atoms. The average molecular weight is 524 g/mol. The summed E-state index contributed by atoms with van der Waals surface area (Å²) >= 11 is 4.77. The lowest BCUT2D eigenvalue weighted by Crippen LogP contribution is -2.47. The van der Waals surface area contributed by atoms with Gasteiger partial charge in [0.15, 0.2) is 0 Å². The van der Waals surface area contributed by atoms with Crippen molar-refractivity contribution in [3.63, 3.8) is 0 Å². The predicted octanol–water partition coefficient (Wildman–Crippen LogP) is 6.58. The number of rotatable bonds is 14. The Balaban J connectivity index is 1.88. The first-order valence-corrected chi connectivity index (χ1v) is 13.2. The Morgan fingerprint density at radius 3 is 2.47 bits per heavy atom. The molecule has 2 aromatic rings. The average Bonchev–Trinajstić information content (AvgIpc) is 3.24. The summed E-state index contributed by atoms with van der Waals surface area (Å²) in [7, 11) is 0. The Morgan fingerprint density at radius 1 is 1.06 bits per heavy atom. The Morgan fingerprint density at radius 2 is 1.78 bits per heavy atom. The maximum atomic E-state index is 12.9. The SMILES string of the molecule is CCCCCCCCCC(=O)NC(C(=O)Nc1nnc(-c2cccc(Br)c2)s1)C(C)CC. The van der Waals surface area contributed by atoms with E-state index in [1.807, 2.05) is 38.1 Å². The standard InChI is InChI=1S/C24H35BrN4O2S/c1-4-6-7-8-9-10-11-15-20(30)26-21(17(3)5-2)22(31)27-24-29-28-23(32-24)18-13-12-14-19(25)16-18/h12-14,16-17,21H,4-11,15H2,1-3H3,(H,26,30)(H,27,29,31). The summed E-state index contributed by atoms with van der Waals surface area (Å²) in [5.41, 5.74) is 0.929. The Kier molecular flexibility index (Phi) is 11.9. The first kappa shape index (κ1) is 26.5. The van der Waals surface area contributed by atoms with Crippen LogP contribution in [0.15, 0.2) is 28.7 Å². The molecule has 2 N–H and O–H groups in total. The van der Waals surface area contributed by atoms with Crippen molar-refractivity contribution in [3.8, 4) is 10.6 Å². The molecular formula is C24H35BrN4O2S. The van der Waals surface area contributed by atoms with Crippen molar-refractivity contribution in [2.45, 2.75) is 84.6 Å². The van der Waals surface area contributed by atoms with E-state index in [4.69, 9.17) is 0 Å². The number of nitrogens with one attached hydrogen (secondary N) is 2. The number of carbonyl (C=O) groups is 2. The molecule has 0 saturated carbocycles. The molecule has 8 heteroatoms. The van der Waals surface area contributed by atoms with E-state index in [1.54, 1.807) is 0 Å². The molecule has 0 aliphatic rings. The molecule has 0 aliphatic heterocycles. The van der Waals surface area contributed by atoms with Crippen LogP contribution < -0.4 is 10.6 Å². The van der Waals surface area contributed by atoms with Gasteiger partial charge in [-0.1, -0.05) is 105 Å². The lowest BCUT2D eigenvalue weighted by atomic mass is 9.98. The summed E-state index contributed by atoms with van der Waals surface area (Å²) in [6.07, 6.45) is 9.36. The third-order valence-corrected chi connectivity index (χ3v) is 6.93. The van der Waals surface area contributed by atoms with Crippen molar-refractivity contribution in [1.29, 1.82) is 0 Å². The molecule has 2 amide bonds. The molecule has 0 fully saturated rings. The van der Waals surface area contributed by atoms with Crippen molar-refractivity contribution in [3.05, 3.63) is 28.7 Å². The molecule has 176 valence electrons. The number of nitrogens with zero attached hydrogens (tertiary/aromatic N) is 2. The minimum absolute atomic E-state index is 0.0189. The van der Waals surface area contributed by atoms with Crippen LogP contribution in [0, 0.1) is 5.92 Å². The quantitative estimate of drug-likeness (QED) is 0.274. The molecule has 2 atom stereocenters. The largest absolute Gasteiger partial charge is 0.344 e. The number of aromatic nitrogens is 2. The van der Waals surface area contributed by atoms with Gasteiger partial charge >= 0.3 is 0 Å². The van der Waals surface area contributed by atoms with E-state index in [0.717, 1.165) is 34.3 Å². The predicted molar refractivity (Wildman–Crippen MR) is 136 cm³/mol. The van der Waals surface area contributed by atoms with Crippen LogP contribution in [-0.2, 0) is 9.59 Å². The molecular weight excluding hydrogens is 488 g/mol. The minimum atomic E-state index is -0.588. The van der Waals surface area contributed by atoms with Crippen LogP contribution in [0.4, 0.5) is 5.13 Å². The Labute approximate surface area is 204 Å². The number of amides is 2. The van der Waals surface area contributed by atoms with Crippen molar-refractivity contribution >= 4 is 44.2 Å². The van der Waals surface area contributed by atoms with Crippen LogP contribution in [-0.4, -0.2) is 28.1 Å². The fourth-order valence-corrected chi connectivity index (χ4v) is 4.53. The van der Waals surface area contributed by atoms with Gasteiger partial charge in [0.25, 0.3) is 0 Å². The molecule has 1 aromatic carbocycles. The summed E-state index contributed by atoms with van der Waals surface area (Å²) in [6, 6.07) is 7.19. The molecule has 0 radical (unpaired) electrons. The van der Waals surface area contributed by atoms with Gasteiger partial charge in [0.1, 0.15) is 11.0 Å². The zero-order chi connectivity index (χ0) is 23.3. The van der Waals surface area contributed by atoms with Crippen molar-refractivity contribution in [2.24, 2.45) is 5.92 Å². The van der Waals surface area contributed by atoms with Gasteiger partial charge in [0.2, 0.25) is 16.9 Å². The van der Waals surface area contributed by atoms with Crippen molar-refractivity contribution < 1.29 is 9.59 Å². The highest BCUT2D eigenvalue weighted by atomic mass is 79.9. The molecule has 0 bridgehead atoms. The zero-order valence-corrected chi connectivity index (χ0v) is 21.7. The fraction of sp³-hybridized carbons (Fsp3) is 0.583. The lowest BCUT2D eigenvalue weighted by Gasteiger charge is -2.23. The number of unbranched alkanes of at least 4 members (excludes halogenated alkanes) is 6. The molecule has 0 aliphatic carbocycles. The second kappa shape index (κ2) is 14.4. The molecule has 0 saturated heterocycles. The summed E-state index contributed by atoms with van der Waals surface area (Å²) in [5, 5.41) is 15.2. The van der Waals surface area contributed by atoms with Crippen LogP contribution in [0.3, 0.4) is 0 Å². The first-order valence-electron chi connectivity index (χ1n) is 11.6. The first-order chi connectivity index (χ1) is 15.4. The van der Waals surface area contributed by atoms with Crippen molar-refractivity contribution in [2.75, 3.05) is 5.32 Å². The van der Waals surface area contributed by atoms with Crippen LogP contribution >= 0.6 is 27.3 Å². The van der Waals surface area contributed by atoms with E-state index in [-0.39, 0.29) is 17.7 Å². The Hall–Kier alpha value is -1.80. The molecule has 1 aromatic heterocycles. The number of halogens is 1. The van der Waals surface area contributed by atoms with Gasteiger partial charge in [-0.05, 0) is 24.5 Å². The monoisotopic (exact) mass is 522 g/mol. The van der Waals surface area contributed by atoms with E-state index < -0.39 is 6.04 Å². The third kappa shape index (κ3) is 8.98. The lowest BCUT2D eigenvalue weighted by molar-refractivity contribution is -0.127. The van der Waals surface area contributed by atoms with Gasteiger partial charge in [-0.2, -0.15) is 0 Å². The maximum absolute atomic E-state index is 12.9. The summed E-state index contributed by atoms with van der Waals surface area (Å²) in [5.74, 6) is -0.291. The second-order valence-corrected chi connectivity index (χ2v) is 10.1. The summed E-state index contributed by atoms with van der Waals surface area (Å²) in [6.45, 7) is 6.20. The molecule has 2 rings (SSSR count). The van der Waals surface area contributed by atoms with Gasteiger partial charge in [-0.25, -0.2) is 0 Å². The maximum Gasteiger partial charge on any atom is 0.249 e. The van der Waals surface area contributed by atoms with E-state index in [2.05, 4.69) is 43.7 Å². The van der Waals surface area contributed by atoms with Crippen LogP contribution in [0.1, 0.15) is 78.6 Å². The van der Waals surface area contributed by atoms with Crippen LogP contribution in [0.2, 0.25) is 0 Å². The number of benzene rings is 1. The third-order valence-electron chi connectivity index (χ3n) is 5.55. The van der Waals surface area contributed by atoms with E-state index in [1.165, 1.54) is 43.4 Å². The molecule has 32 heavy (non-hydrogen) atoms. The minimum Gasteiger partial charge on any atom is -0.344 e. The van der Waals surface area contributed by atoms with Gasteiger partial charge in [0, 0.05) is 16.5 Å². The number of hydrogen-bond acceptors (Lipinski definition) is 5. The van der Waals surface area contributed by atoms with Crippen LogP contribution in [0.25, 0.3) is 10.6 Å². The van der Waals surface area contributed by atoms with E-state index in [9.17, 15) is 9.59 Å². The highest BCUT2D eigenvalue weighted by molar-refractivity contribution is 9.10. The highest BCUT2D eigenvalue weighted by Gasteiger charge is 2.26. The van der Waals surface area contributed by atoms with Gasteiger partial charge in [-0.3, -0.25) is 14.9 Å². The zero-order valence-electron chi connectivity index (χ0n) is 19.3.